The number of aromatic nitrogens is 2. The maximum atomic E-state index is 12.5. The van der Waals surface area contributed by atoms with E-state index in [0.29, 0.717) is 25.6 Å². The molecule has 0 spiro atoms. The quantitative estimate of drug-likeness (QED) is 0.785. The first-order valence-electron chi connectivity index (χ1n) is 9.14. The maximum Gasteiger partial charge on any atom is 0.222 e. The molecule has 5 heteroatoms. The molecule has 1 aliphatic rings. The largest absolute Gasteiger partial charge is 0.377 e. The number of aromatic amines is 1. The van der Waals surface area contributed by atoms with Crippen LogP contribution in [0, 0.1) is 6.92 Å². The average Bonchev–Trinajstić information content (AvgIpc) is 3.09. The summed E-state index contributed by atoms with van der Waals surface area (Å²) in [6.07, 6.45) is 3.48. The number of hydrogen-bond acceptors (Lipinski definition) is 3. The van der Waals surface area contributed by atoms with E-state index in [4.69, 9.17) is 4.74 Å². The van der Waals surface area contributed by atoms with Crippen molar-refractivity contribution in [3.8, 4) is 0 Å². The van der Waals surface area contributed by atoms with Gasteiger partial charge in [0.2, 0.25) is 5.91 Å². The fourth-order valence-electron chi connectivity index (χ4n) is 3.34. The molecule has 0 bridgehead atoms. The van der Waals surface area contributed by atoms with Crippen LogP contribution in [0.1, 0.15) is 48.6 Å². The second-order valence-electron chi connectivity index (χ2n) is 6.80. The molecular weight excluding hydrogens is 314 g/mol. The third kappa shape index (κ3) is 5.16. The van der Waals surface area contributed by atoms with Crippen LogP contribution in [0.3, 0.4) is 0 Å². The molecule has 25 heavy (non-hydrogen) atoms. The Morgan fingerprint density at radius 3 is 2.96 bits per heavy atom. The van der Waals surface area contributed by atoms with Crippen LogP contribution >= 0.6 is 0 Å². The number of nitrogens with zero attached hydrogens (tertiary/aromatic N) is 2. The summed E-state index contributed by atoms with van der Waals surface area (Å²) in [5.41, 5.74) is 3.33. The maximum absolute atomic E-state index is 12.5. The first-order valence-corrected chi connectivity index (χ1v) is 9.14. The molecule has 3 rings (SSSR count). The highest BCUT2D eigenvalue weighted by atomic mass is 16.5. The van der Waals surface area contributed by atoms with E-state index in [1.165, 1.54) is 5.56 Å². The minimum Gasteiger partial charge on any atom is -0.377 e. The van der Waals surface area contributed by atoms with Gasteiger partial charge in [-0.05, 0) is 37.8 Å². The summed E-state index contributed by atoms with van der Waals surface area (Å²) in [6, 6.07) is 12.2. The van der Waals surface area contributed by atoms with Gasteiger partial charge in [0.15, 0.2) is 0 Å². The molecule has 1 aromatic heterocycles. The number of carbonyl (C=O) groups excluding carboxylic acids is 1. The zero-order chi connectivity index (χ0) is 17.5. The van der Waals surface area contributed by atoms with Gasteiger partial charge in [0, 0.05) is 37.7 Å². The first kappa shape index (κ1) is 17.7. The van der Waals surface area contributed by atoms with Gasteiger partial charge in [-0.3, -0.25) is 9.89 Å². The lowest BCUT2D eigenvalue weighted by atomic mass is 9.94. The van der Waals surface area contributed by atoms with Crippen molar-refractivity contribution in [1.29, 1.82) is 0 Å². The fourth-order valence-corrected chi connectivity index (χ4v) is 3.34. The monoisotopic (exact) mass is 341 g/mol. The van der Waals surface area contributed by atoms with Crippen molar-refractivity contribution in [2.45, 2.75) is 45.1 Å². The lowest BCUT2D eigenvalue weighted by molar-refractivity contribution is -0.132. The lowest BCUT2D eigenvalue weighted by Gasteiger charge is -2.32. The van der Waals surface area contributed by atoms with Crippen LogP contribution in [0.25, 0.3) is 0 Å². The number of ether oxygens (including phenoxy) is 1. The molecular formula is C20H27N3O2. The van der Waals surface area contributed by atoms with Gasteiger partial charge in [-0.2, -0.15) is 5.10 Å². The number of benzene rings is 1. The molecule has 1 unspecified atom stereocenters. The van der Waals surface area contributed by atoms with E-state index < -0.39 is 0 Å². The van der Waals surface area contributed by atoms with Crippen molar-refractivity contribution in [1.82, 2.24) is 15.1 Å². The van der Waals surface area contributed by atoms with Crippen molar-refractivity contribution in [3.63, 3.8) is 0 Å². The van der Waals surface area contributed by atoms with E-state index in [2.05, 4.69) is 28.4 Å². The second kappa shape index (κ2) is 8.81. The van der Waals surface area contributed by atoms with Gasteiger partial charge >= 0.3 is 0 Å². The van der Waals surface area contributed by atoms with Crippen molar-refractivity contribution in [2.75, 3.05) is 19.7 Å². The molecule has 1 N–H and O–H groups in total. The second-order valence-corrected chi connectivity index (χ2v) is 6.80. The highest BCUT2D eigenvalue weighted by Crippen LogP contribution is 2.26. The van der Waals surface area contributed by atoms with Crippen molar-refractivity contribution in [3.05, 3.63) is 53.3 Å². The molecule has 1 fully saturated rings. The van der Waals surface area contributed by atoms with Crippen molar-refractivity contribution >= 4 is 5.91 Å². The fraction of sp³-hybridized carbons (Fsp3) is 0.500. The first-order chi connectivity index (χ1) is 12.2. The van der Waals surface area contributed by atoms with Gasteiger partial charge in [-0.1, -0.05) is 30.3 Å². The highest BCUT2D eigenvalue weighted by molar-refractivity contribution is 5.76. The molecule has 134 valence electrons. The number of carbonyl (C=O) groups is 1. The molecule has 2 aromatic rings. The summed E-state index contributed by atoms with van der Waals surface area (Å²) in [4.78, 5) is 14.5. The standard InChI is InChI=1S/C20H27N3O2/c1-16-13-19(22-21-16)18-9-5-11-23(14-18)20(24)10-6-12-25-15-17-7-3-2-4-8-17/h2-4,7-8,13,18H,5-6,9-12,14-15H2,1H3,(H,21,22). The molecule has 1 aliphatic heterocycles. The lowest BCUT2D eigenvalue weighted by Crippen LogP contribution is -2.39. The Morgan fingerprint density at radius 1 is 1.36 bits per heavy atom. The van der Waals surface area contributed by atoms with E-state index in [0.717, 1.165) is 43.7 Å². The number of amides is 1. The molecule has 2 heterocycles. The number of H-pyrrole nitrogens is 1. The minimum absolute atomic E-state index is 0.236. The van der Waals surface area contributed by atoms with Crippen LogP contribution in [0.2, 0.25) is 0 Å². The Labute approximate surface area is 149 Å². The Kier molecular flexibility index (Phi) is 6.23. The van der Waals surface area contributed by atoms with Crippen molar-refractivity contribution < 1.29 is 9.53 Å². The summed E-state index contributed by atoms with van der Waals surface area (Å²) < 4.78 is 5.67. The van der Waals surface area contributed by atoms with Gasteiger partial charge in [-0.25, -0.2) is 0 Å². The van der Waals surface area contributed by atoms with Gasteiger partial charge < -0.3 is 9.64 Å². The highest BCUT2D eigenvalue weighted by Gasteiger charge is 2.25. The molecule has 1 atom stereocenters. The molecule has 1 amide bonds. The van der Waals surface area contributed by atoms with Crippen LogP contribution in [-0.2, 0) is 16.1 Å². The number of likely N-dealkylation sites (tertiary alicyclic amines) is 1. The molecule has 1 saturated heterocycles. The third-order valence-electron chi connectivity index (χ3n) is 4.71. The van der Waals surface area contributed by atoms with Gasteiger partial charge in [0.05, 0.1) is 12.3 Å². The Bertz CT molecular complexity index is 669. The Morgan fingerprint density at radius 2 is 2.20 bits per heavy atom. The summed E-state index contributed by atoms with van der Waals surface area (Å²) in [5, 5.41) is 7.37. The Balaban J connectivity index is 1.37. The summed E-state index contributed by atoms with van der Waals surface area (Å²) in [6.45, 7) is 4.89. The molecule has 5 nitrogen and oxygen atoms in total. The van der Waals surface area contributed by atoms with Crippen LogP contribution in [0.5, 0.6) is 0 Å². The zero-order valence-corrected chi connectivity index (χ0v) is 14.9. The summed E-state index contributed by atoms with van der Waals surface area (Å²) >= 11 is 0. The van der Waals surface area contributed by atoms with Crippen LogP contribution in [0.4, 0.5) is 0 Å². The van der Waals surface area contributed by atoms with Crippen LogP contribution in [-0.4, -0.2) is 40.7 Å². The number of aryl methyl sites for hydroxylation is 1. The van der Waals surface area contributed by atoms with Crippen LogP contribution < -0.4 is 0 Å². The van der Waals surface area contributed by atoms with E-state index in [1.54, 1.807) is 0 Å². The molecule has 1 aromatic carbocycles. The van der Waals surface area contributed by atoms with Gasteiger partial charge in [-0.15, -0.1) is 0 Å². The van der Waals surface area contributed by atoms with Gasteiger partial charge in [0.25, 0.3) is 0 Å². The number of rotatable bonds is 7. The zero-order valence-electron chi connectivity index (χ0n) is 14.9. The minimum atomic E-state index is 0.236. The normalized spacial score (nSPS) is 17.6. The number of piperidine rings is 1. The van der Waals surface area contributed by atoms with E-state index >= 15 is 0 Å². The molecule has 0 saturated carbocycles. The number of hydrogen-bond donors (Lipinski definition) is 1. The predicted molar refractivity (Wildman–Crippen MR) is 97.2 cm³/mol. The van der Waals surface area contributed by atoms with Crippen molar-refractivity contribution in [2.24, 2.45) is 0 Å². The Hall–Kier alpha value is -2.14. The third-order valence-corrected chi connectivity index (χ3v) is 4.71. The van der Waals surface area contributed by atoms with E-state index in [1.807, 2.05) is 30.0 Å². The summed E-state index contributed by atoms with van der Waals surface area (Å²) in [7, 11) is 0. The van der Waals surface area contributed by atoms with Crippen LogP contribution in [0.15, 0.2) is 36.4 Å². The molecule has 0 aliphatic carbocycles. The predicted octanol–water partition coefficient (Wildman–Crippen LogP) is 3.42. The van der Waals surface area contributed by atoms with Gasteiger partial charge in [0.1, 0.15) is 0 Å². The SMILES string of the molecule is Cc1cc(C2CCCN(C(=O)CCCOCc3ccccc3)C2)n[nH]1. The average molecular weight is 341 g/mol. The number of nitrogens with one attached hydrogen (secondary N) is 1. The molecule has 0 radical (unpaired) electrons. The smallest absolute Gasteiger partial charge is 0.222 e. The van der Waals surface area contributed by atoms with E-state index in [-0.39, 0.29) is 5.91 Å². The van der Waals surface area contributed by atoms with E-state index in [9.17, 15) is 4.79 Å². The summed E-state index contributed by atoms with van der Waals surface area (Å²) in [5.74, 6) is 0.595. The topological polar surface area (TPSA) is 58.2 Å².